The summed E-state index contributed by atoms with van der Waals surface area (Å²) in [6.45, 7) is 20.4. The number of benzene rings is 1. The van der Waals surface area contributed by atoms with E-state index in [1.54, 1.807) is 0 Å². The van der Waals surface area contributed by atoms with Gasteiger partial charge in [-0.25, -0.2) is 4.79 Å². The normalized spacial score (nSPS) is 15.2. The molecule has 0 spiro atoms. The molecule has 0 bridgehead atoms. The Hall–Kier alpha value is -4.13. The van der Waals surface area contributed by atoms with Crippen LogP contribution in [0.3, 0.4) is 0 Å². The monoisotopic (exact) mass is 669 g/mol. The van der Waals surface area contributed by atoms with Gasteiger partial charge in [-0.15, -0.1) is 18.9 Å². The SMILES string of the molecule is C#CCCC(NC(=O)C1CCCN1C(=O)C(NC(=O)NC)C1Cc2ccccc2C1)C(=O)C(=O)NCC=C.CC.CC.CCC.CCC. The number of carbonyl (C=O) groups is 5. The lowest BCUT2D eigenvalue weighted by molar-refractivity contribution is -0.143. The van der Waals surface area contributed by atoms with Crippen LogP contribution < -0.4 is 21.3 Å². The molecule has 0 saturated carbocycles. The molecule has 1 aliphatic heterocycles. The fourth-order valence-corrected chi connectivity index (χ4v) is 5.08. The summed E-state index contributed by atoms with van der Waals surface area (Å²) in [6.07, 6.45) is 11.8. The summed E-state index contributed by atoms with van der Waals surface area (Å²) < 4.78 is 0. The van der Waals surface area contributed by atoms with Gasteiger partial charge in [-0.2, -0.15) is 0 Å². The molecule has 3 rings (SSSR count). The quantitative estimate of drug-likeness (QED) is 0.143. The zero-order chi connectivity index (χ0) is 37.1. The minimum atomic E-state index is -1.12. The Balaban J connectivity index is 0. The highest BCUT2D eigenvalue weighted by Gasteiger charge is 2.42. The summed E-state index contributed by atoms with van der Waals surface area (Å²) in [5, 5.41) is 10.4. The maximum Gasteiger partial charge on any atom is 0.315 e. The van der Waals surface area contributed by atoms with Crippen LogP contribution in [0.5, 0.6) is 0 Å². The van der Waals surface area contributed by atoms with Gasteiger partial charge in [0.2, 0.25) is 17.6 Å². The van der Waals surface area contributed by atoms with Crippen molar-refractivity contribution in [2.75, 3.05) is 20.1 Å². The first kappa shape index (κ1) is 46.0. The van der Waals surface area contributed by atoms with E-state index < -0.39 is 41.8 Å². The summed E-state index contributed by atoms with van der Waals surface area (Å²) >= 11 is 0. The second-order valence-electron chi connectivity index (χ2n) is 10.9. The van der Waals surface area contributed by atoms with Gasteiger partial charge in [-0.1, -0.05) is 98.6 Å². The lowest BCUT2D eigenvalue weighted by Crippen LogP contribution is -2.58. The number of hydrogen-bond acceptors (Lipinski definition) is 5. The number of likely N-dealkylation sites (tertiary alicyclic amines) is 1. The first-order valence-electron chi connectivity index (χ1n) is 17.7. The van der Waals surface area contributed by atoms with Crippen LogP contribution in [0.15, 0.2) is 36.9 Å². The Morgan fingerprint density at radius 3 is 2.00 bits per heavy atom. The van der Waals surface area contributed by atoms with E-state index in [4.69, 9.17) is 6.42 Å². The first-order valence-corrected chi connectivity index (χ1v) is 17.7. The number of fused-ring (bicyclic) bond motifs is 1. The third-order valence-electron chi connectivity index (χ3n) is 7.01. The van der Waals surface area contributed by atoms with Gasteiger partial charge in [0, 0.05) is 26.6 Å². The minimum absolute atomic E-state index is 0.0877. The van der Waals surface area contributed by atoms with Crippen LogP contribution >= 0.6 is 0 Å². The molecule has 0 radical (unpaired) electrons. The summed E-state index contributed by atoms with van der Waals surface area (Å²) in [5.74, 6) is -0.282. The summed E-state index contributed by atoms with van der Waals surface area (Å²) in [6, 6.07) is 4.65. The number of hydrogen-bond donors (Lipinski definition) is 4. The molecule has 10 heteroatoms. The maximum absolute atomic E-state index is 13.8. The second-order valence-corrected chi connectivity index (χ2v) is 10.9. The molecule has 1 fully saturated rings. The standard InChI is InChI=1S/C28H35N5O5.2C3H8.2C2H6/c1-4-6-12-21(24(34)26(36)30-14-5-2)31-25(35)22-13-9-15-33(22)27(37)23(32-28(38)29-3)20-16-18-10-7-8-11-19(18)17-20;2*1-3-2;2*1-2/h1,5,7-8,10-11,20-23H,2,6,9,12-17H2,3H3,(H,30,36)(H,31,35)(H2,29,32,38);2*3H2,1-2H3;2*1-2H3. The fourth-order valence-electron chi connectivity index (χ4n) is 5.08. The van der Waals surface area contributed by atoms with E-state index in [0.717, 1.165) is 11.1 Å². The number of rotatable bonds is 11. The molecule has 1 saturated heterocycles. The molecule has 1 heterocycles. The molecule has 3 atom stereocenters. The zero-order valence-corrected chi connectivity index (χ0v) is 31.0. The summed E-state index contributed by atoms with van der Waals surface area (Å²) in [5.41, 5.74) is 2.27. The maximum atomic E-state index is 13.8. The Kier molecular flexibility index (Phi) is 26.8. The molecule has 48 heavy (non-hydrogen) atoms. The summed E-state index contributed by atoms with van der Waals surface area (Å²) in [7, 11) is 1.48. The van der Waals surface area contributed by atoms with Gasteiger partial charge in [0.1, 0.15) is 12.1 Å². The molecule has 270 valence electrons. The van der Waals surface area contributed by atoms with Crippen molar-refractivity contribution in [1.29, 1.82) is 0 Å². The van der Waals surface area contributed by atoms with Crippen LogP contribution in [-0.4, -0.2) is 72.7 Å². The Morgan fingerprint density at radius 1 is 0.979 bits per heavy atom. The lowest BCUT2D eigenvalue weighted by atomic mass is 9.95. The molecule has 10 nitrogen and oxygen atoms in total. The van der Waals surface area contributed by atoms with Crippen LogP contribution in [0.1, 0.15) is 105 Å². The smallest absolute Gasteiger partial charge is 0.315 e. The number of urea groups is 1. The number of nitrogens with zero attached hydrogens (tertiary/aromatic N) is 1. The molecule has 1 aromatic rings. The van der Waals surface area contributed by atoms with Crippen molar-refractivity contribution in [3.8, 4) is 12.3 Å². The number of ketones is 1. The van der Waals surface area contributed by atoms with E-state index in [2.05, 4.69) is 61.5 Å². The predicted octanol–water partition coefficient (Wildman–Crippen LogP) is 5.34. The Bertz CT molecular complexity index is 1140. The first-order chi connectivity index (χ1) is 23.1. The van der Waals surface area contributed by atoms with Crippen molar-refractivity contribution >= 4 is 29.5 Å². The number of nitrogens with one attached hydrogen (secondary N) is 4. The largest absolute Gasteiger partial charge is 0.346 e. The van der Waals surface area contributed by atoms with E-state index in [1.807, 2.05) is 52.0 Å². The molecular formula is C38H63N5O5. The van der Waals surface area contributed by atoms with Crippen LogP contribution in [0.4, 0.5) is 4.79 Å². The summed E-state index contributed by atoms with van der Waals surface area (Å²) in [4.78, 5) is 65.8. The number of carbonyl (C=O) groups excluding carboxylic acids is 5. The van der Waals surface area contributed by atoms with Crippen LogP contribution in [-0.2, 0) is 32.0 Å². The van der Waals surface area contributed by atoms with E-state index in [0.29, 0.717) is 32.2 Å². The predicted molar refractivity (Wildman–Crippen MR) is 196 cm³/mol. The van der Waals surface area contributed by atoms with E-state index in [9.17, 15) is 24.0 Å². The third kappa shape index (κ3) is 15.6. The van der Waals surface area contributed by atoms with Gasteiger partial charge in [-0.3, -0.25) is 19.2 Å². The molecule has 5 amide bonds. The molecule has 2 aliphatic rings. The van der Waals surface area contributed by atoms with Crippen LogP contribution in [0, 0.1) is 18.3 Å². The topological polar surface area (TPSA) is 137 Å². The van der Waals surface area contributed by atoms with E-state index >= 15 is 0 Å². The van der Waals surface area contributed by atoms with Crippen molar-refractivity contribution in [2.24, 2.45) is 5.92 Å². The highest BCUT2D eigenvalue weighted by Crippen LogP contribution is 2.31. The van der Waals surface area contributed by atoms with Crippen molar-refractivity contribution < 1.29 is 24.0 Å². The molecule has 3 unspecified atom stereocenters. The zero-order valence-electron chi connectivity index (χ0n) is 31.0. The van der Waals surface area contributed by atoms with Gasteiger partial charge in [0.05, 0.1) is 6.04 Å². The number of terminal acetylenes is 1. The van der Waals surface area contributed by atoms with Gasteiger partial charge >= 0.3 is 6.03 Å². The molecule has 1 aromatic carbocycles. The average Bonchev–Trinajstić information content (AvgIpc) is 3.77. The highest BCUT2D eigenvalue weighted by molar-refractivity contribution is 6.38. The van der Waals surface area contributed by atoms with E-state index in [1.165, 1.54) is 30.9 Å². The molecule has 0 aromatic heterocycles. The number of Topliss-reactive ketones (excluding diaryl/α,β-unsaturated/α-hetero) is 1. The third-order valence-corrected chi connectivity index (χ3v) is 7.01. The average molecular weight is 670 g/mol. The van der Waals surface area contributed by atoms with Crippen LogP contribution in [0.25, 0.3) is 0 Å². The van der Waals surface area contributed by atoms with Crippen molar-refractivity contribution in [3.63, 3.8) is 0 Å². The fraction of sp³-hybridized carbons (Fsp3) is 0.605. The molecular weight excluding hydrogens is 606 g/mol. The highest BCUT2D eigenvalue weighted by atomic mass is 16.2. The van der Waals surface area contributed by atoms with E-state index in [-0.39, 0.29) is 31.2 Å². The number of amides is 5. The molecule has 1 aliphatic carbocycles. The van der Waals surface area contributed by atoms with Crippen molar-refractivity contribution in [3.05, 3.63) is 48.0 Å². The van der Waals surface area contributed by atoms with Crippen molar-refractivity contribution in [2.45, 2.75) is 125 Å². The van der Waals surface area contributed by atoms with Gasteiger partial charge in [-0.05, 0) is 49.1 Å². The van der Waals surface area contributed by atoms with Gasteiger partial charge < -0.3 is 26.2 Å². The minimum Gasteiger partial charge on any atom is -0.346 e. The van der Waals surface area contributed by atoms with Crippen molar-refractivity contribution in [1.82, 2.24) is 26.2 Å². The Morgan fingerprint density at radius 2 is 1.52 bits per heavy atom. The Labute approximate surface area is 290 Å². The van der Waals surface area contributed by atoms with Gasteiger partial charge in [0.25, 0.3) is 5.91 Å². The second kappa shape index (κ2) is 27.9. The molecule has 4 N–H and O–H groups in total. The van der Waals surface area contributed by atoms with Crippen LogP contribution in [0.2, 0.25) is 0 Å². The van der Waals surface area contributed by atoms with Gasteiger partial charge in [0.15, 0.2) is 0 Å². The lowest BCUT2D eigenvalue weighted by Gasteiger charge is -2.32.